The number of Topliss-reactive ketones (excluding diaryl/α,β-unsaturated/α-hetero) is 1. The second-order valence-electron chi connectivity index (χ2n) is 6.88. The number of benzene rings is 2. The molecule has 2 aliphatic rings. The van der Waals surface area contributed by atoms with Crippen LogP contribution in [0, 0.1) is 11.8 Å². The third-order valence-corrected chi connectivity index (χ3v) is 4.76. The number of hydrogen-bond acceptors (Lipinski definition) is 3. The largest absolute Gasteiger partial charge is 0.490 e. The van der Waals surface area contributed by atoms with E-state index < -0.39 is 0 Å². The SMILES string of the molecule is O=C(CC1CC1Oc1ccccc1)CC1CC1Oc1ccccc1. The summed E-state index contributed by atoms with van der Waals surface area (Å²) in [5.74, 6) is 2.94. The fourth-order valence-electron chi connectivity index (χ4n) is 3.17. The summed E-state index contributed by atoms with van der Waals surface area (Å²) in [5, 5.41) is 0. The van der Waals surface area contributed by atoms with Gasteiger partial charge in [0.1, 0.15) is 29.5 Å². The number of carbonyl (C=O) groups is 1. The second-order valence-corrected chi connectivity index (χ2v) is 6.88. The summed E-state index contributed by atoms with van der Waals surface area (Å²) in [4.78, 5) is 12.2. The Hall–Kier alpha value is -2.29. The van der Waals surface area contributed by atoms with Crippen LogP contribution in [-0.4, -0.2) is 18.0 Å². The van der Waals surface area contributed by atoms with Gasteiger partial charge in [-0.1, -0.05) is 36.4 Å². The Morgan fingerprint density at radius 2 is 1.17 bits per heavy atom. The van der Waals surface area contributed by atoms with E-state index in [9.17, 15) is 4.79 Å². The van der Waals surface area contributed by atoms with Crippen LogP contribution in [0.5, 0.6) is 11.5 Å². The van der Waals surface area contributed by atoms with Crippen molar-refractivity contribution in [1.29, 1.82) is 0 Å². The lowest BCUT2D eigenvalue weighted by Crippen LogP contribution is -2.08. The van der Waals surface area contributed by atoms with Crippen molar-refractivity contribution in [3.05, 3.63) is 60.7 Å². The summed E-state index contributed by atoms with van der Waals surface area (Å²) < 4.78 is 11.8. The minimum absolute atomic E-state index is 0.215. The molecule has 0 heterocycles. The van der Waals surface area contributed by atoms with Gasteiger partial charge in [-0.2, -0.15) is 0 Å². The lowest BCUT2D eigenvalue weighted by Gasteiger charge is -2.06. The summed E-state index contributed by atoms with van der Waals surface area (Å²) in [5.41, 5.74) is 0. The van der Waals surface area contributed by atoms with E-state index in [0.29, 0.717) is 30.5 Å². The first-order valence-corrected chi connectivity index (χ1v) is 8.73. The van der Waals surface area contributed by atoms with Crippen LogP contribution in [0.25, 0.3) is 0 Å². The maximum absolute atomic E-state index is 12.2. The van der Waals surface area contributed by atoms with Gasteiger partial charge in [0, 0.05) is 24.7 Å². The van der Waals surface area contributed by atoms with Gasteiger partial charge in [-0.25, -0.2) is 0 Å². The third kappa shape index (κ3) is 3.97. The highest BCUT2D eigenvalue weighted by molar-refractivity contribution is 5.79. The van der Waals surface area contributed by atoms with Crippen LogP contribution in [0.3, 0.4) is 0 Å². The number of ether oxygens (including phenoxy) is 2. The molecule has 2 aromatic rings. The normalized spacial score (nSPS) is 27.3. The minimum atomic E-state index is 0.215. The molecule has 2 aromatic carbocycles. The van der Waals surface area contributed by atoms with Crippen molar-refractivity contribution in [2.24, 2.45) is 11.8 Å². The molecular weight excluding hydrogens is 300 g/mol. The van der Waals surface area contributed by atoms with Gasteiger partial charge in [-0.15, -0.1) is 0 Å². The zero-order chi connectivity index (χ0) is 16.4. The standard InChI is InChI=1S/C21H22O3/c22-17(11-15-13-20(15)23-18-7-3-1-4-8-18)12-16-14-21(16)24-19-9-5-2-6-10-19/h1-10,15-16,20-21H,11-14H2. The monoisotopic (exact) mass is 322 g/mol. The maximum Gasteiger partial charge on any atom is 0.133 e. The Kier molecular flexibility index (Phi) is 4.24. The number of hydrogen-bond donors (Lipinski definition) is 0. The zero-order valence-corrected chi connectivity index (χ0v) is 13.6. The molecule has 0 aliphatic heterocycles. The van der Waals surface area contributed by atoms with Crippen LogP contribution < -0.4 is 9.47 Å². The average Bonchev–Trinajstić information content (AvgIpc) is 3.50. The Balaban J connectivity index is 1.16. The third-order valence-electron chi connectivity index (χ3n) is 4.76. The first-order chi connectivity index (χ1) is 11.8. The molecule has 4 rings (SSSR count). The number of ketones is 1. The summed E-state index contributed by atoms with van der Waals surface area (Å²) in [6.07, 6.45) is 3.71. The molecule has 0 N–H and O–H groups in total. The molecule has 3 heteroatoms. The number of para-hydroxylation sites is 2. The summed E-state index contributed by atoms with van der Waals surface area (Å²) in [7, 11) is 0. The van der Waals surface area contributed by atoms with Crippen LogP contribution in [0.1, 0.15) is 25.7 Å². The summed E-state index contributed by atoms with van der Waals surface area (Å²) >= 11 is 0. The molecule has 0 saturated heterocycles. The van der Waals surface area contributed by atoms with Crippen molar-refractivity contribution in [2.75, 3.05) is 0 Å². The molecule has 0 spiro atoms. The highest BCUT2D eigenvalue weighted by Crippen LogP contribution is 2.41. The van der Waals surface area contributed by atoms with Crippen LogP contribution in [0.4, 0.5) is 0 Å². The van der Waals surface area contributed by atoms with Gasteiger partial charge in [0.05, 0.1) is 0 Å². The van der Waals surface area contributed by atoms with E-state index in [1.807, 2.05) is 60.7 Å². The topological polar surface area (TPSA) is 35.5 Å². The van der Waals surface area contributed by atoms with Gasteiger partial charge < -0.3 is 9.47 Å². The van der Waals surface area contributed by atoms with E-state index in [0.717, 1.165) is 24.3 Å². The molecule has 2 aliphatic carbocycles. The van der Waals surface area contributed by atoms with E-state index in [2.05, 4.69) is 0 Å². The van der Waals surface area contributed by atoms with E-state index in [1.54, 1.807) is 0 Å². The van der Waals surface area contributed by atoms with Gasteiger partial charge in [-0.05, 0) is 37.1 Å². The van der Waals surface area contributed by atoms with Crippen LogP contribution >= 0.6 is 0 Å². The quantitative estimate of drug-likeness (QED) is 0.728. The Morgan fingerprint density at radius 1 is 0.750 bits per heavy atom. The van der Waals surface area contributed by atoms with E-state index in [4.69, 9.17) is 9.47 Å². The molecule has 124 valence electrons. The summed E-state index contributed by atoms with van der Waals surface area (Å²) in [6, 6.07) is 19.7. The van der Waals surface area contributed by atoms with Crippen molar-refractivity contribution in [2.45, 2.75) is 37.9 Å². The van der Waals surface area contributed by atoms with Crippen LogP contribution in [0.2, 0.25) is 0 Å². The van der Waals surface area contributed by atoms with Crippen molar-refractivity contribution >= 4 is 5.78 Å². The second kappa shape index (κ2) is 6.68. The lowest BCUT2D eigenvalue weighted by molar-refractivity contribution is -0.120. The fourth-order valence-corrected chi connectivity index (χ4v) is 3.17. The molecule has 24 heavy (non-hydrogen) atoms. The molecule has 0 radical (unpaired) electrons. The van der Waals surface area contributed by atoms with Gasteiger partial charge in [0.15, 0.2) is 0 Å². The van der Waals surface area contributed by atoms with Crippen molar-refractivity contribution in [1.82, 2.24) is 0 Å². The minimum Gasteiger partial charge on any atom is -0.490 e. The van der Waals surface area contributed by atoms with Crippen molar-refractivity contribution in [3.8, 4) is 11.5 Å². The van der Waals surface area contributed by atoms with E-state index >= 15 is 0 Å². The maximum atomic E-state index is 12.2. The summed E-state index contributed by atoms with van der Waals surface area (Å²) in [6.45, 7) is 0. The number of rotatable bonds is 8. The molecule has 4 unspecified atom stereocenters. The Morgan fingerprint density at radius 3 is 1.58 bits per heavy atom. The van der Waals surface area contributed by atoms with E-state index in [1.165, 1.54) is 0 Å². The molecular formula is C21H22O3. The Labute approximate surface area is 142 Å². The zero-order valence-electron chi connectivity index (χ0n) is 13.6. The van der Waals surface area contributed by atoms with Crippen LogP contribution in [0.15, 0.2) is 60.7 Å². The van der Waals surface area contributed by atoms with Crippen LogP contribution in [-0.2, 0) is 4.79 Å². The van der Waals surface area contributed by atoms with Gasteiger partial charge in [-0.3, -0.25) is 4.79 Å². The highest BCUT2D eigenvalue weighted by atomic mass is 16.5. The highest BCUT2D eigenvalue weighted by Gasteiger charge is 2.44. The molecule has 2 fully saturated rings. The molecule has 2 saturated carbocycles. The number of carbonyl (C=O) groups excluding carboxylic acids is 1. The first kappa shape index (κ1) is 15.3. The van der Waals surface area contributed by atoms with Gasteiger partial charge in [0.25, 0.3) is 0 Å². The average molecular weight is 322 g/mol. The Bertz CT molecular complexity index is 623. The predicted molar refractivity (Wildman–Crippen MR) is 92.2 cm³/mol. The van der Waals surface area contributed by atoms with Crippen molar-refractivity contribution in [3.63, 3.8) is 0 Å². The lowest BCUT2D eigenvalue weighted by atomic mass is 10.1. The van der Waals surface area contributed by atoms with Gasteiger partial charge in [0.2, 0.25) is 0 Å². The molecule has 4 atom stereocenters. The first-order valence-electron chi connectivity index (χ1n) is 8.73. The molecule has 0 amide bonds. The van der Waals surface area contributed by atoms with Gasteiger partial charge >= 0.3 is 0 Å². The molecule has 0 bridgehead atoms. The fraction of sp³-hybridized carbons (Fsp3) is 0.381. The smallest absolute Gasteiger partial charge is 0.133 e. The molecule has 0 aromatic heterocycles. The van der Waals surface area contributed by atoms with Crippen molar-refractivity contribution < 1.29 is 14.3 Å². The molecule has 3 nitrogen and oxygen atoms in total. The predicted octanol–water partition coefficient (Wildman–Crippen LogP) is 4.27. The van der Waals surface area contributed by atoms with E-state index in [-0.39, 0.29) is 12.2 Å².